The minimum atomic E-state index is 0.136. The molecule has 0 spiro atoms. The zero-order valence-corrected chi connectivity index (χ0v) is 9.31. The first-order valence-electron chi connectivity index (χ1n) is 5.35. The van der Waals surface area contributed by atoms with Crippen molar-refractivity contribution in [1.82, 2.24) is 0 Å². The summed E-state index contributed by atoms with van der Waals surface area (Å²) >= 11 is 0. The first-order chi connectivity index (χ1) is 7.11. The lowest BCUT2D eigenvalue weighted by Gasteiger charge is -2.13. The first kappa shape index (κ1) is 11.8. The lowest BCUT2D eigenvalue weighted by molar-refractivity contribution is -0.111. The van der Waals surface area contributed by atoms with E-state index in [1.807, 2.05) is 19.1 Å². The number of aromatic hydroxyl groups is 1. The minimum absolute atomic E-state index is 0.136. The lowest BCUT2D eigenvalue weighted by Crippen LogP contribution is -2.06. The number of carbonyl (C=O) groups is 1. The molecule has 1 N–H and O–H groups in total. The van der Waals surface area contributed by atoms with Crippen molar-refractivity contribution in [1.29, 1.82) is 0 Å². The Bertz CT molecular complexity index is 303. The second-order valence-corrected chi connectivity index (χ2v) is 4.32. The highest BCUT2D eigenvalue weighted by Crippen LogP contribution is 2.17. The molecule has 2 unspecified atom stereocenters. The normalized spacial score (nSPS) is 14.5. The molecule has 1 rings (SSSR count). The molecule has 82 valence electrons. The van der Waals surface area contributed by atoms with E-state index in [-0.39, 0.29) is 5.92 Å². The van der Waals surface area contributed by atoms with Crippen molar-refractivity contribution in [3.63, 3.8) is 0 Å². The average Bonchev–Trinajstić information content (AvgIpc) is 2.21. The van der Waals surface area contributed by atoms with Crippen molar-refractivity contribution in [3.8, 4) is 5.75 Å². The molecule has 0 heterocycles. The SMILES string of the molecule is CC(C=O)CC(C)Cc1ccc(O)cc1. The summed E-state index contributed by atoms with van der Waals surface area (Å²) in [6.45, 7) is 4.09. The van der Waals surface area contributed by atoms with Crippen LogP contribution in [0, 0.1) is 11.8 Å². The maximum absolute atomic E-state index is 10.5. The number of hydrogen-bond donors (Lipinski definition) is 1. The molecule has 0 amide bonds. The van der Waals surface area contributed by atoms with E-state index in [2.05, 4.69) is 6.92 Å². The van der Waals surface area contributed by atoms with Crippen LogP contribution in [-0.2, 0) is 11.2 Å². The number of phenols is 1. The molecule has 0 saturated heterocycles. The molecular weight excluding hydrogens is 188 g/mol. The van der Waals surface area contributed by atoms with Gasteiger partial charge in [0.2, 0.25) is 0 Å². The molecular formula is C13H18O2. The maximum Gasteiger partial charge on any atom is 0.122 e. The molecule has 2 atom stereocenters. The highest BCUT2D eigenvalue weighted by Gasteiger charge is 2.08. The number of rotatable bonds is 5. The Morgan fingerprint density at radius 3 is 2.40 bits per heavy atom. The number of aldehydes is 1. The summed E-state index contributed by atoms with van der Waals surface area (Å²) in [5.74, 6) is 0.930. The zero-order chi connectivity index (χ0) is 11.3. The van der Waals surface area contributed by atoms with Gasteiger partial charge >= 0.3 is 0 Å². The lowest BCUT2D eigenvalue weighted by atomic mass is 9.92. The Morgan fingerprint density at radius 1 is 1.27 bits per heavy atom. The van der Waals surface area contributed by atoms with Gasteiger partial charge in [-0.15, -0.1) is 0 Å². The summed E-state index contributed by atoms with van der Waals surface area (Å²) in [4.78, 5) is 10.5. The fraction of sp³-hybridized carbons (Fsp3) is 0.462. The second kappa shape index (κ2) is 5.54. The van der Waals surface area contributed by atoms with Crippen LogP contribution >= 0.6 is 0 Å². The minimum Gasteiger partial charge on any atom is -0.508 e. The summed E-state index contributed by atoms with van der Waals surface area (Å²) in [7, 11) is 0. The van der Waals surface area contributed by atoms with Crippen molar-refractivity contribution < 1.29 is 9.90 Å². The Hall–Kier alpha value is -1.31. The Kier molecular flexibility index (Phi) is 4.35. The fourth-order valence-electron chi connectivity index (χ4n) is 1.81. The van der Waals surface area contributed by atoms with E-state index in [0.29, 0.717) is 11.7 Å². The van der Waals surface area contributed by atoms with Crippen LogP contribution in [0.1, 0.15) is 25.8 Å². The van der Waals surface area contributed by atoms with Crippen molar-refractivity contribution in [3.05, 3.63) is 29.8 Å². The summed E-state index contributed by atoms with van der Waals surface area (Å²) in [5, 5.41) is 9.13. The highest BCUT2D eigenvalue weighted by molar-refractivity contribution is 5.52. The number of carbonyl (C=O) groups excluding carboxylic acids is 1. The number of benzene rings is 1. The number of phenolic OH excluding ortho intramolecular Hbond substituents is 1. The number of hydrogen-bond acceptors (Lipinski definition) is 2. The Balaban J connectivity index is 2.47. The standard InChI is InChI=1S/C13H18O2/c1-10(7-11(2)9-14)8-12-3-5-13(15)6-4-12/h3-6,9-11,15H,7-8H2,1-2H3. The molecule has 2 nitrogen and oxygen atoms in total. The van der Waals surface area contributed by atoms with Crippen molar-refractivity contribution in [2.45, 2.75) is 26.7 Å². The fourth-order valence-corrected chi connectivity index (χ4v) is 1.81. The van der Waals surface area contributed by atoms with Crippen molar-refractivity contribution >= 4 is 6.29 Å². The van der Waals surface area contributed by atoms with E-state index in [1.165, 1.54) is 5.56 Å². The van der Waals surface area contributed by atoms with Crippen LogP contribution in [-0.4, -0.2) is 11.4 Å². The van der Waals surface area contributed by atoms with Crippen molar-refractivity contribution in [2.75, 3.05) is 0 Å². The van der Waals surface area contributed by atoms with Gasteiger partial charge in [-0.2, -0.15) is 0 Å². The molecule has 0 aliphatic rings. The summed E-state index contributed by atoms with van der Waals surface area (Å²) in [6.07, 6.45) is 2.89. The van der Waals surface area contributed by atoms with Gasteiger partial charge in [0.05, 0.1) is 0 Å². The molecule has 1 aromatic rings. The maximum atomic E-state index is 10.5. The van der Waals surface area contributed by atoms with Gasteiger partial charge in [-0.05, 0) is 36.5 Å². The smallest absolute Gasteiger partial charge is 0.122 e. The van der Waals surface area contributed by atoms with E-state index < -0.39 is 0 Å². The van der Waals surface area contributed by atoms with Crippen LogP contribution in [0.25, 0.3) is 0 Å². The molecule has 15 heavy (non-hydrogen) atoms. The third-order valence-electron chi connectivity index (χ3n) is 2.53. The van der Waals surface area contributed by atoms with Gasteiger partial charge in [0.15, 0.2) is 0 Å². The van der Waals surface area contributed by atoms with Gasteiger partial charge in [-0.3, -0.25) is 0 Å². The Morgan fingerprint density at radius 2 is 1.87 bits per heavy atom. The highest BCUT2D eigenvalue weighted by atomic mass is 16.3. The molecule has 0 fully saturated rings. The monoisotopic (exact) mass is 206 g/mol. The molecule has 0 aliphatic heterocycles. The summed E-state index contributed by atoms with van der Waals surface area (Å²) < 4.78 is 0. The van der Waals surface area contributed by atoms with Crippen LogP contribution < -0.4 is 0 Å². The van der Waals surface area contributed by atoms with Crippen LogP contribution in [0.4, 0.5) is 0 Å². The van der Waals surface area contributed by atoms with Crippen LogP contribution in [0.5, 0.6) is 5.75 Å². The first-order valence-corrected chi connectivity index (χ1v) is 5.35. The molecule has 1 aromatic carbocycles. The molecule has 2 heteroatoms. The van der Waals surface area contributed by atoms with E-state index >= 15 is 0 Å². The van der Waals surface area contributed by atoms with Gasteiger partial charge in [0.1, 0.15) is 12.0 Å². The molecule has 0 bridgehead atoms. The van der Waals surface area contributed by atoms with Gasteiger partial charge in [0, 0.05) is 5.92 Å². The van der Waals surface area contributed by atoms with E-state index in [4.69, 9.17) is 5.11 Å². The van der Waals surface area contributed by atoms with Crippen molar-refractivity contribution in [2.24, 2.45) is 11.8 Å². The van der Waals surface area contributed by atoms with E-state index in [1.54, 1.807) is 12.1 Å². The summed E-state index contributed by atoms with van der Waals surface area (Å²) in [6, 6.07) is 7.26. The van der Waals surface area contributed by atoms with Gasteiger partial charge in [0.25, 0.3) is 0 Å². The predicted molar refractivity (Wildman–Crippen MR) is 60.8 cm³/mol. The van der Waals surface area contributed by atoms with Crippen LogP contribution in [0.2, 0.25) is 0 Å². The zero-order valence-electron chi connectivity index (χ0n) is 9.31. The largest absolute Gasteiger partial charge is 0.508 e. The van der Waals surface area contributed by atoms with Gasteiger partial charge in [-0.25, -0.2) is 0 Å². The second-order valence-electron chi connectivity index (χ2n) is 4.32. The third-order valence-corrected chi connectivity index (χ3v) is 2.53. The van der Waals surface area contributed by atoms with Crippen LogP contribution in [0.3, 0.4) is 0 Å². The molecule has 0 aromatic heterocycles. The van der Waals surface area contributed by atoms with Gasteiger partial charge in [-0.1, -0.05) is 26.0 Å². The molecule has 0 aliphatic carbocycles. The summed E-state index contributed by atoms with van der Waals surface area (Å²) in [5.41, 5.74) is 1.21. The van der Waals surface area contributed by atoms with E-state index in [9.17, 15) is 4.79 Å². The Labute approximate surface area is 90.9 Å². The predicted octanol–water partition coefficient (Wildman–Crippen LogP) is 2.80. The van der Waals surface area contributed by atoms with Crippen LogP contribution in [0.15, 0.2) is 24.3 Å². The quantitative estimate of drug-likeness (QED) is 0.752. The average molecular weight is 206 g/mol. The topological polar surface area (TPSA) is 37.3 Å². The van der Waals surface area contributed by atoms with E-state index in [0.717, 1.165) is 19.1 Å². The molecule has 0 radical (unpaired) electrons. The molecule has 0 saturated carbocycles. The third kappa shape index (κ3) is 4.15. The van der Waals surface area contributed by atoms with Gasteiger partial charge < -0.3 is 9.90 Å².